The second-order valence-corrected chi connectivity index (χ2v) is 8.78. The molecular weight excluding hydrogens is 482 g/mol. The van der Waals surface area contributed by atoms with Gasteiger partial charge in [-0.1, -0.05) is 48.5 Å². The fraction of sp³-hybridized carbons (Fsp3) is 0.161. The number of methoxy groups -OCH3 is 2. The zero-order valence-electron chi connectivity index (χ0n) is 21.3. The minimum absolute atomic E-state index is 0.0145. The van der Waals surface area contributed by atoms with Crippen molar-refractivity contribution in [2.45, 2.75) is 13.0 Å². The first-order valence-electron chi connectivity index (χ1n) is 12.2. The Morgan fingerprint density at radius 3 is 2.34 bits per heavy atom. The Balaban J connectivity index is 1.73. The second kappa shape index (κ2) is 10.3. The molecule has 0 radical (unpaired) electrons. The van der Waals surface area contributed by atoms with E-state index < -0.39 is 17.7 Å². The van der Waals surface area contributed by atoms with Crippen molar-refractivity contribution in [2.75, 3.05) is 25.7 Å². The van der Waals surface area contributed by atoms with Crippen LogP contribution in [0, 0.1) is 0 Å². The van der Waals surface area contributed by atoms with Crippen molar-refractivity contribution < 1.29 is 28.9 Å². The van der Waals surface area contributed by atoms with Crippen LogP contribution in [0.5, 0.6) is 17.2 Å². The van der Waals surface area contributed by atoms with E-state index in [9.17, 15) is 14.7 Å². The predicted octanol–water partition coefficient (Wildman–Crippen LogP) is 5.88. The van der Waals surface area contributed by atoms with Gasteiger partial charge in [-0.25, -0.2) is 0 Å². The lowest BCUT2D eigenvalue weighted by molar-refractivity contribution is -0.132. The van der Waals surface area contributed by atoms with Crippen LogP contribution in [-0.2, 0) is 9.59 Å². The number of carbonyl (C=O) groups excluding carboxylic acids is 2. The first kappa shape index (κ1) is 24.9. The summed E-state index contributed by atoms with van der Waals surface area (Å²) in [6, 6.07) is 24.4. The molecule has 0 spiro atoms. The maximum atomic E-state index is 13.5. The predicted molar refractivity (Wildman–Crippen MR) is 146 cm³/mol. The molecule has 1 saturated heterocycles. The van der Waals surface area contributed by atoms with Crippen LogP contribution in [0.4, 0.5) is 5.69 Å². The summed E-state index contributed by atoms with van der Waals surface area (Å²) in [6.07, 6.45) is 0. The molecular formula is C31H27NO6. The lowest BCUT2D eigenvalue weighted by atomic mass is 9.94. The molecule has 7 nitrogen and oxygen atoms in total. The van der Waals surface area contributed by atoms with Gasteiger partial charge >= 0.3 is 0 Å². The molecule has 1 heterocycles. The van der Waals surface area contributed by atoms with E-state index in [0.717, 1.165) is 10.8 Å². The van der Waals surface area contributed by atoms with E-state index in [0.29, 0.717) is 40.7 Å². The van der Waals surface area contributed by atoms with Gasteiger partial charge in [0.1, 0.15) is 11.5 Å². The van der Waals surface area contributed by atoms with Gasteiger partial charge in [0.25, 0.3) is 11.7 Å². The number of aliphatic hydroxyl groups excluding tert-OH is 1. The van der Waals surface area contributed by atoms with Crippen molar-refractivity contribution in [3.05, 3.63) is 102 Å². The average molecular weight is 510 g/mol. The molecule has 1 aliphatic rings. The molecule has 0 bridgehead atoms. The minimum Gasteiger partial charge on any atom is -0.507 e. The van der Waals surface area contributed by atoms with Crippen LogP contribution in [0.3, 0.4) is 0 Å². The first-order chi connectivity index (χ1) is 18.5. The number of fused-ring (bicyclic) bond motifs is 1. The highest BCUT2D eigenvalue weighted by atomic mass is 16.5. The number of benzene rings is 4. The molecule has 0 aliphatic carbocycles. The highest BCUT2D eigenvalue weighted by Crippen LogP contribution is 2.44. The number of hydrogen-bond donors (Lipinski definition) is 1. The quantitative estimate of drug-likeness (QED) is 0.190. The van der Waals surface area contributed by atoms with Gasteiger partial charge in [0.05, 0.1) is 32.4 Å². The number of aliphatic hydroxyl groups is 1. The van der Waals surface area contributed by atoms with Gasteiger partial charge in [-0.05, 0) is 53.6 Å². The third-order valence-electron chi connectivity index (χ3n) is 6.60. The zero-order chi connectivity index (χ0) is 26.8. The lowest BCUT2D eigenvalue weighted by Crippen LogP contribution is -2.29. The Morgan fingerprint density at radius 1 is 0.842 bits per heavy atom. The van der Waals surface area contributed by atoms with Crippen molar-refractivity contribution in [1.29, 1.82) is 0 Å². The molecule has 0 aromatic heterocycles. The smallest absolute Gasteiger partial charge is 0.300 e. The van der Waals surface area contributed by atoms with Crippen molar-refractivity contribution >= 4 is 33.9 Å². The summed E-state index contributed by atoms with van der Waals surface area (Å²) in [7, 11) is 3.04. The zero-order valence-corrected chi connectivity index (χ0v) is 21.3. The van der Waals surface area contributed by atoms with Crippen LogP contribution in [0.25, 0.3) is 16.5 Å². The monoisotopic (exact) mass is 509 g/mol. The number of amides is 1. The van der Waals surface area contributed by atoms with Gasteiger partial charge in [-0.3, -0.25) is 14.5 Å². The molecule has 7 heteroatoms. The SMILES string of the molecule is CCOc1cccc(N2C(=O)C(=O)/C(=C(/O)c3ccc4ccccc4c3)C2c2ccc(OC)c(OC)c2)c1. The van der Waals surface area contributed by atoms with Crippen LogP contribution >= 0.6 is 0 Å². The van der Waals surface area contributed by atoms with Crippen LogP contribution < -0.4 is 19.1 Å². The number of Topliss-reactive ketones (excluding diaryl/α,β-unsaturated/α-hetero) is 1. The van der Waals surface area contributed by atoms with Crippen molar-refractivity contribution in [1.82, 2.24) is 0 Å². The van der Waals surface area contributed by atoms with Gasteiger partial charge in [-0.15, -0.1) is 0 Å². The van der Waals surface area contributed by atoms with E-state index in [-0.39, 0.29) is 11.3 Å². The van der Waals surface area contributed by atoms with Gasteiger partial charge in [0, 0.05) is 17.3 Å². The Labute approximate surface area is 220 Å². The molecule has 4 aromatic carbocycles. The summed E-state index contributed by atoms with van der Waals surface area (Å²) < 4.78 is 16.5. The normalized spacial score (nSPS) is 16.6. The summed E-state index contributed by atoms with van der Waals surface area (Å²) in [5.41, 5.74) is 1.47. The molecule has 1 unspecified atom stereocenters. The summed E-state index contributed by atoms with van der Waals surface area (Å²) in [4.78, 5) is 28.5. The average Bonchev–Trinajstić information content (AvgIpc) is 3.22. The van der Waals surface area contributed by atoms with Crippen molar-refractivity contribution in [3.63, 3.8) is 0 Å². The van der Waals surface area contributed by atoms with Gasteiger partial charge in [-0.2, -0.15) is 0 Å². The van der Waals surface area contributed by atoms with Crippen LogP contribution in [0.1, 0.15) is 24.1 Å². The molecule has 1 aliphatic heterocycles. The van der Waals surface area contributed by atoms with Crippen LogP contribution in [0.2, 0.25) is 0 Å². The van der Waals surface area contributed by atoms with Crippen LogP contribution in [-0.4, -0.2) is 37.6 Å². The van der Waals surface area contributed by atoms with E-state index >= 15 is 0 Å². The highest BCUT2D eigenvalue weighted by Gasteiger charge is 2.47. The number of rotatable bonds is 7. The standard InChI is InChI=1S/C31H27NO6/c1-4-38-24-11-7-10-23(18-24)32-28(21-14-15-25(36-2)26(17-21)37-3)27(30(34)31(32)35)29(33)22-13-12-19-8-5-6-9-20(19)16-22/h5-18,28,33H,4H2,1-3H3/b29-27+. The molecule has 1 N–H and O–H groups in total. The molecule has 5 rings (SSSR count). The fourth-order valence-electron chi connectivity index (χ4n) is 4.82. The Morgan fingerprint density at radius 2 is 1.61 bits per heavy atom. The highest BCUT2D eigenvalue weighted by molar-refractivity contribution is 6.51. The van der Waals surface area contributed by atoms with E-state index in [1.165, 1.54) is 19.1 Å². The van der Waals surface area contributed by atoms with Crippen molar-refractivity contribution in [2.24, 2.45) is 0 Å². The molecule has 0 saturated carbocycles. The Kier molecular flexibility index (Phi) is 6.75. The van der Waals surface area contributed by atoms with E-state index in [1.807, 2.05) is 37.3 Å². The minimum atomic E-state index is -0.918. The van der Waals surface area contributed by atoms with Crippen molar-refractivity contribution in [3.8, 4) is 17.2 Å². The third kappa shape index (κ3) is 4.32. The fourth-order valence-corrected chi connectivity index (χ4v) is 4.82. The van der Waals surface area contributed by atoms with E-state index in [4.69, 9.17) is 14.2 Å². The molecule has 1 atom stereocenters. The van der Waals surface area contributed by atoms with Gasteiger partial charge in [0.2, 0.25) is 0 Å². The third-order valence-corrected chi connectivity index (χ3v) is 6.60. The van der Waals surface area contributed by atoms with Gasteiger partial charge in [0.15, 0.2) is 11.5 Å². The molecule has 38 heavy (non-hydrogen) atoms. The second-order valence-electron chi connectivity index (χ2n) is 8.78. The molecule has 1 fully saturated rings. The molecule has 1 amide bonds. The first-order valence-corrected chi connectivity index (χ1v) is 12.2. The number of carbonyl (C=O) groups is 2. The Bertz CT molecular complexity index is 1570. The maximum Gasteiger partial charge on any atom is 0.300 e. The summed E-state index contributed by atoms with van der Waals surface area (Å²) in [6.45, 7) is 2.31. The molecule has 4 aromatic rings. The largest absolute Gasteiger partial charge is 0.507 e. The lowest BCUT2D eigenvalue weighted by Gasteiger charge is -2.26. The van der Waals surface area contributed by atoms with Crippen LogP contribution in [0.15, 0.2) is 90.5 Å². The number of ether oxygens (including phenoxy) is 3. The number of nitrogens with zero attached hydrogens (tertiary/aromatic N) is 1. The maximum absolute atomic E-state index is 13.5. The summed E-state index contributed by atoms with van der Waals surface area (Å²) >= 11 is 0. The summed E-state index contributed by atoms with van der Waals surface area (Å²) in [5.74, 6) is -0.284. The number of ketones is 1. The molecule has 192 valence electrons. The number of anilines is 1. The Hall–Kier alpha value is -4.78. The van der Waals surface area contributed by atoms with E-state index in [2.05, 4.69) is 0 Å². The van der Waals surface area contributed by atoms with Gasteiger partial charge < -0.3 is 19.3 Å². The topological polar surface area (TPSA) is 85.3 Å². The van der Waals surface area contributed by atoms with E-state index in [1.54, 1.807) is 54.6 Å². The summed E-state index contributed by atoms with van der Waals surface area (Å²) in [5, 5.41) is 13.4. The number of hydrogen-bond acceptors (Lipinski definition) is 6.